The number of carbonyl (C=O) groups excluding carboxylic acids is 4. The van der Waals surface area contributed by atoms with Gasteiger partial charge in [0.15, 0.2) is 0 Å². The fraction of sp³-hybridized carbons (Fsp3) is 0.333. The minimum atomic E-state index is -0.616. The van der Waals surface area contributed by atoms with Crippen molar-refractivity contribution in [1.29, 1.82) is 10.5 Å². The molecule has 1 fully saturated rings. The zero-order chi connectivity index (χ0) is 30.1. The third-order valence-corrected chi connectivity index (χ3v) is 10.7. The number of thiazole rings is 2. The molecule has 4 heterocycles. The second-order valence-electron chi connectivity index (χ2n) is 10.8. The van der Waals surface area contributed by atoms with Crippen LogP contribution in [0.1, 0.15) is 67.4 Å². The van der Waals surface area contributed by atoms with Gasteiger partial charge in [-0.1, -0.05) is 19.3 Å². The monoisotopic (exact) mass is 596 g/mol. The van der Waals surface area contributed by atoms with Crippen molar-refractivity contribution in [2.75, 3.05) is 14.1 Å². The lowest BCUT2D eigenvalue weighted by molar-refractivity contribution is -0.140. The average Bonchev–Trinajstić information content (AvgIpc) is 3.65. The Morgan fingerprint density at radius 3 is 1.50 bits per heavy atom. The molecule has 210 valence electrons. The first kappa shape index (κ1) is 27.6. The highest BCUT2D eigenvalue weighted by Crippen LogP contribution is 2.58. The highest BCUT2D eigenvalue weighted by atomic mass is 32.1. The maximum atomic E-state index is 13.0. The summed E-state index contributed by atoms with van der Waals surface area (Å²) in [6.07, 6.45) is 8.19. The molecule has 2 aromatic rings. The van der Waals surface area contributed by atoms with Crippen LogP contribution < -0.4 is 0 Å². The smallest absolute Gasteiger partial charge is 0.271 e. The summed E-state index contributed by atoms with van der Waals surface area (Å²) in [4.78, 5) is 64.6. The van der Waals surface area contributed by atoms with Crippen molar-refractivity contribution in [1.82, 2.24) is 19.8 Å². The maximum absolute atomic E-state index is 13.0. The molecule has 2 aromatic heterocycles. The Bertz CT molecular complexity index is 1740. The summed E-state index contributed by atoms with van der Waals surface area (Å²) >= 11 is 2.87. The molecule has 2 aliphatic carbocycles. The number of imide groups is 2. The van der Waals surface area contributed by atoms with E-state index in [0.29, 0.717) is 21.2 Å². The Balaban J connectivity index is 1.49. The molecule has 12 heteroatoms. The first-order valence-electron chi connectivity index (χ1n) is 13.4. The highest BCUT2D eigenvalue weighted by molar-refractivity contribution is 7.23. The molecule has 0 atom stereocenters. The molecule has 0 aromatic carbocycles. The second-order valence-corrected chi connectivity index (χ2v) is 12.8. The van der Waals surface area contributed by atoms with E-state index in [1.165, 1.54) is 36.8 Å². The van der Waals surface area contributed by atoms with Crippen molar-refractivity contribution in [3.05, 3.63) is 54.8 Å². The van der Waals surface area contributed by atoms with Crippen LogP contribution >= 0.6 is 22.7 Å². The lowest BCUT2D eigenvalue weighted by atomic mass is 9.72. The van der Waals surface area contributed by atoms with Crippen molar-refractivity contribution in [2.24, 2.45) is 0 Å². The Morgan fingerprint density at radius 2 is 1.12 bits per heavy atom. The van der Waals surface area contributed by atoms with Crippen LogP contribution in [-0.2, 0) is 24.6 Å². The molecule has 0 N–H and O–H groups in total. The molecule has 2 aliphatic heterocycles. The standard InChI is InChI=1S/C30H24N6O4S2/c1-14-16(26(37)35(3)28(39)18(14)12-31)10-20-33-24-22(41-20)23-25(30(24)8-6-5-7-9-30)34-21(42-23)11-17-15(2)19(13-32)29(40)36(4)27(17)38/h10-11H,5-9H2,1-4H3/b16-10-,17-11-. The maximum Gasteiger partial charge on any atom is 0.271 e. The Labute approximate surface area is 249 Å². The number of rotatable bonds is 2. The van der Waals surface area contributed by atoms with Gasteiger partial charge in [0.1, 0.15) is 33.3 Å². The largest absolute Gasteiger partial charge is 0.277 e. The number of fused-ring (bicyclic) bond motifs is 5. The summed E-state index contributed by atoms with van der Waals surface area (Å²) in [5, 5.41) is 20.3. The van der Waals surface area contributed by atoms with E-state index in [1.807, 2.05) is 12.1 Å². The van der Waals surface area contributed by atoms with E-state index in [2.05, 4.69) is 0 Å². The van der Waals surface area contributed by atoms with E-state index in [4.69, 9.17) is 9.97 Å². The van der Waals surface area contributed by atoms with Gasteiger partial charge in [-0.25, -0.2) is 9.97 Å². The fourth-order valence-corrected chi connectivity index (χ4v) is 8.49. The lowest BCUT2D eigenvalue weighted by Gasteiger charge is -2.32. The summed E-state index contributed by atoms with van der Waals surface area (Å²) in [6, 6.07) is 3.84. The molecule has 6 rings (SSSR count). The topological polar surface area (TPSA) is 148 Å². The summed E-state index contributed by atoms with van der Waals surface area (Å²) < 4.78 is 0. The van der Waals surface area contributed by atoms with Crippen molar-refractivity contribution in [2.45, 2.75) is 51.4 Å². The van der Waals surface area contributed by atoms with Crippen molar-refractivity contribution in [3.8, 4) is 21.9 Å². The van der Waals surface area contributed by atoms with Crippen LogP contribution in [0.25, 0.3) is 21.9 Å². The number of nitrogens with zero attached hydrogens (tertiary/aromatic N) is 6. The molecule has 42 heavy (non-hydrogen) atoms. The third kappa shape index (κ3) is 3.79. The van der Waals surface area contributed by atoms with Gasteiger partial charge >= 0.3 is 0 Å². The molecule has 0 radical (unpaired) electrons. The van der Waals surface area contributed by atoms with Crippen molar-refractivity contribution in [3.63, 3.8) is 0 Å². The van der Waals surface area contributed by atoms with Crippen LogP contribution in [0.5, 0.6) is 0 Å². The normalized spacial score (nSPS) is 22.0. The van der Waals surface area contributed by atoms with E-state index in [0.717, 1.165) is 63.0 Å². The molecule has 10 nitrogen and oxygen atoms in total. The van der Waals surface area contributed by atoms with Gasteiger partial charge in [0.05, 0.1) is 26.6 Å². The average molecular weight is 597 g/mol. The first-order valence-corrected chi connectivity index (χ1v) is 15.0. The predicted octanol–water partition coefficient (Wildman–Crippen LogP) is 4.27. The van der Waals surface area contributed by atoms with Crippen LogP contribution in [0.4, 0.5) is 0 Å². The zero-order valence-corrected chi connectivity index (χ0v) is 25.0. The van der Waals surface area contributed by atoms with E-state index in [9.17, 15) is 29.7 Å². The van der Waals surface area contributed by atoms with Crippen LogP contribution in [0.2, 0.25) is 0 Å². The highest BCUT2D eigenvalue weighted by Gasteiger charge is 2.49. The predicted molar refractivity (Wildman–Crippen MR) is 155 cm³/mol. The molecule has 4 amide bonds. The molecule has 4 aliphatic rings. The number of carbonyl (C=O) groups is 4. The van der Waals surface area contributed by atoms with Gasteiger partial charge in [-0.2, -0.15) is 10.5 Å². The van der Waals surface area contributed by atoms with E-state index < -0.39 is 23.6 Å². The van der Waals surface area contributed by atoms with Crippen molar-refractivity contribution < 1.29 is 19.2 Å². The number of aromatic nitrogens is 2. The Kier molecular flexibility index (Phi) is 6.44. The fourth-order valence-electron chi connectivity index (χ4n) is 6.14. The molecular formula is C30H24N6O4S2. The summed E-state index contributed by atoms with van der Waals surface area (Å²) in [6.45, 7) is 3.20. The van der Waals surface area contributed by atoms with Gasteiger partial charge < -0.3 is 0 Å². The van der Waals surface area contributed by atoms with Gasteiger partial charge in [-0.05, 0) is 50.0 Å². The zero-order valence-electron chi connectivity index (χ0n) is 23.3. The number of hydrogen-bond acceptors (Lipinski definition) is 10. The number of hydrogen-bond donors (Lipinski definition) is 0. The van der Waals surface area contributed by atoms with Crippen LogP contribution in [0.3, 0.4) is 0 Å². The van der Waals surface area contributed by atoms with Crippen molar-refractivity contribution >= 4 is 58.5 Å². The number of nitriles is 2. The Morgan fingerprint density at radius 1 is 0.714 bits per heavy atom. The van der Waals surface area contributed by atoms with Gasteiger partial charge in [-0.3, -0.25) is 29.0 Å². The number of likely N-dealkylation sites (N-methyl/N-ethyl adjacent to an activating group) is 2. The Hall–Kier alpha value is -4.52. The van der Waals surface area contributed by atoms with Crippen LogP contribution in [0, 0.1) is 22.7 Å². The number of amides is 4. The molecule has 0 unspecified atom stereocenters. The minimum Gasteiger partial charge on any atom is -0.277 e. The van der Waals surface area contributed by atoms with E-state index in [-0.39, 0.29) is 27.7 Å². The van der Waals surface area contributed by atoms with E-state index in [1.54, 1.807) is 26.0 Å². The SMILES string of the molecule is CC1=C(C#N)C(=O)N(C)C(=O)/C1=C\c1nc2c(s1)-c1sc(/C=C3\C(=O)N(C)C(=O)C(C#N)=C3C)nc1C21CCCCC1. The molecule has 0 saturated heterocycles. The summed E-state index contributed by atoms with van der Waals surface area (Å²) in [5.74, 6) is -2.19. The molecule has 0 bridgehead atoms. The minimum absolute atomic E-state index is 0.0628. The van der Waals surface area contributed by atoms with Crippen LogP contribution in [-0.4, -0.2) is 57.5 Å². The molecule has 1 saturated carbocycles. The van der Waals surface area contributed by atoms with Gasteiger partial charge in [0.25, 0.3) is 23.6 Å². The molecular weight excluding hydrogens is 573 g/mol. The lowest BCUT2D eigenvalue weighted by Crippen LogP contribution is -2.39. The van der Waals surface area contributed by atoms with E-state index >= 15 is 0 Å². The second kappa shape index (κ2) is 9.79. The van der Waals surface area contributed by atoms with Gasteiger partial charge in [-0.15, -0.1) is 22.7 Å². The van der Waals surface area contributed by atoms with Gasteiger partial charge in [0.2, 0.25) is 0 Å². The third-order valence-electron chi connectivity index (χ3n) is 8.53. The van der Waals surface area contributed by atoms with Gasteiger partial charge in [0, 0.05) is 25.2 Å². The first-order chi connectivity index (χ1) is 20.0. The molecule has 1 spiro atoms. The summed E-state index contributed by atoms with van der Waals surface area (Å²) in [5.41, 5.74) is 2.55. The quantitative estimate of drug-likeness (QED) is 0.369. The van der Waals surface area contributed by atoms with Crippen LogP contribution in [0.15, 0.2) is 33.4 Å². The summed E-state index contributed by atoms with van der Waals surface area (Å²) in [7, 11) is 2.73.